The summed E-state index contributed by atoms with van der Waals surface area (Å²) in [5, 5.41) is 3.55. The van der Waals surface area contributed by atoms with Gasteiger partial charge in [0.25, 0.3) is 0 Å². The molecule has 2 aromatic rings. The first-order chi connectivity index (χ1) is 9.28. The van der Waals surface area contributed by atoms with Crippen LogP contribution in [0.5, 0.6) is 0 Å². The first kappa shape index (κ1) is 14.5. The van der Waals surface area contributed by atoms with E-state index in [2.05, 4.69) is 29.4 Å². The summed E-state index contributed by atoms with van der Waals surface area (Å²) in [4.78, 5) is 5.51. The first-order valence-corrected chi connectivity index (χ1v) is 7.84. The van der Waals surface area contributed by atoms with Crippen LogP contribution in [0.25, 0.3) is 0 Å². The summed E-state index contributed by atoms with van der Waals surface area (Å²) in [6.45, 7) is 3.15. The van der Waals surface area contributed by atoms with Crippen molar-refractivity contribution in [3.63, 3.8) is 0 Å². The van der Waals surface area contributed by atoms with Gasteiger partial charge in [0.15, 0.2) is 0 Å². The standard InChI is InChI=1S/C15H19ClN2S/c1-2-18-13(10-14-7-8-15(16)19-14)6-5-12-4-3-9-17-11-12/h3-4,7-9,11,13,18H,2,5-6,10H2,1H3. The highest BCUT2D eigenvalue weighted by atomic mass is 35.5. The number of rotatable bonds is 7. The summed E-state index contributed by atoms with van der Waals surface area (Å²) in [5.74, 6) is 0. The molecule has 0 radical (unpaired) electrons. The molecule has 0 aliphatic carbocycles. The van der Waals surface area contributed by atoms with Gasteiger partial charge < -0.3 is 5.32 Å². The van der Waals surface area contributed by atoms with Crippen LogP contribution in [0.15, 0.2) is 36.7 Å². The average molecular weight is 295 g/mol. The lowest BCUT2D eigenvalue weighted by Gasteiger charge is -2.17. The number of hydrogen-bond donors (Lipinski definition) is 1. The Morgan fingerprint density at radius 1 is 1.37 bits per heavy atom. The molecule has 19 heavy (non-hydrogen) atoms. The maximum atomic E-state index is 5.98. The highest BCUT2D eigenvalue weighted by molar-refractivity contribution is 7.16. The fourth-order valence-electron chi connectivity index (χ4n) is 2.16. The van der Waals surface area contributed by atoms with Crippen molar-refractivity contribution < 1.29 is 0 Å². The van der Waals surface area contributed by atoms with E-state index in [0.717, 1.165) is 30.1 Å². The molecule has 0 saturated heterocycles. The molecule has 0 aliphatic heterocycles. The van der Waals surface area contributed by atoms with Crippen LogP contribution in [-0.4, -0.2) is 17.6 Å². The van der Waals surface area contributed by atoms with E-state index in [-0.39, 0.29) is 0 Å². The van der Waals surface area contributed by atoms with Crippen molar-refractivity contribution >= 4 is 22.9 Å². The summed E-state index contributed by atoms with van der Waals surface area (Å²) in [6, 6.07) is 8.74. The summed E-state index contributed by atoms with van der Waals surface area (Å²) in [5.41, 5.74) is 1.30. The number of hydrogen-bond acceptors (Lipinski definition) is 3. The number of nitrogens with zero attached hydrogens (tertiary/aromatic N) is 1. The Hall–Kier alpha value is -0.900. The van der Waals surface area contributed by atoms with Crippen LogP contribution in [0, 0.1) is 0 Å². The number of aromatic nitrogens is 1. The Balaban J connectivity index is 1.89. The van der Waals surface area contributed by atoms with Crippen molar-refractivity contribution in [2.24, 2.45) is 0 Å². The molecule has 4 heteroatoms. The van der Waals surface area contributed by atoms with Gasteiger partial charge >= 0.3 is 0 Å². The molecule has 0 saturated carbocycles. The van der Waals surface area contributed by atoms with Crippen LogP contribution in [0.3, 0.4) is 0 Å². The van der Waals surface area contributed by atoms with Crippen LogP contribution < -0.4 is 5.32 Å². The van der Waals surface area contributed by atoms with Gasteiger partial charge in [-0.2, -0.15) is 0 Å². The minimum Gasteiger partial charge on any atom is -0.314 e. The molecule has 1 N–H and O–H groups in total. The lowest BCUT2D eigenvalue weighted by Crippen LogP contribution is -2.31. The Labute approximate surface area is 123 Å². The van der Waals surface area contributed by atoms with E-state index in [1.807, 2.05) is 24.5 Å². The molecule has 2 heterocycles. The number of likely N-dealkylation sites (N-methyl/N-ethyl adjacent to an activating group) is 1. The van der Waals surface area contributed by atoms with Crippen LogP contribution in [0.1, 0.15) is 23.8 Å². The van der Waals surface area contributed by atoms with Crippen molar-refractivity contribution in [1.29, 1.82) is 0 Å². The number of nitrogens with one attached hydrogen (secondary N) is 1. The number of aryl methyl sites for hydroxylation is 1. The molecule has 2 nitrogen and oxygen atoms in total. The van der Waals surface area contributed by atoms with E-state index in [1.165, 1.54) is 10.4 Å². The summed E-state index contributed by atoms with van der Waals surface area (Å²) < 4.78 is 0.873. The fraction of sp³-hybridized carbons (Fsp3) is 0.400. The van der Waals surface area contributed by atoms with E-state index in [4.69, 9.17) is 11.6 Å². The van der Waals surface area contributed by atoms with E-state index in [9.17, 15) is 0 Å². The van der Waals surface area contributed by atoms with Crippen molar-refractivity contribution in [2.45, 2.75) is 32.2 Å². The third kappa shape index (κ3) is 4.94. The second kappa shape index (κ2) is 7.63. The van der Waals surface area contributed by atoms with Crippen molar-refractivity contribution in [3.05, 3.63) is 51.4 Å². The molecule has 0 spiro atoms. The van der Waals surface area contributed by atoms with Crippen LogP contribution >= 0.6 is 22.9 Å². The predicted octanol–water partition coefficient (Wildman–Crippen LogP) is 3.95. The van der Waals surface area contributed by atoms with Gasteiger partial charge in [0.05, 0.1) is 4.34 Å². The zero-order valence-corrected chi connectivity index (χ0v) is 12.7. The van der Waals surface area contributed by atoms with Crippen molar-refractivity contribution in [2.75, 3.05) is 6.54 Å². The van der Waals surface area contributed by atoms with Gasteiger partial charge in [-0.05, 0) is 49.6 Å². The van der Waals surface area contributed by atoms with Gasteiger partial charge in [0.1, 0.15) is 0 Å². The van der Waals surface area contributed by atoms with Crippen LogP contribution in [0.4, 0.5) is 0 Å². The second-order valence-electron chi connectivity index (χ2n) is 4.56. The molecule has 1 unspecified atom stereocenters. The molecular weight excluding hydrogens is 276 g/mol. The monoisotopic (exact) mass is 294 g/mol. The highest BCUT2D eigenvalue weighted by Crippen LogP contribution is 2.23. The second-order valence-corrected chi connectivity index (χ2v) is 6.36. The van der Waals surface area contributed by atoms with Gasteiger partial charge in [-0.1, -0.05) is 24.6 Å². The Morgan fingerprint density at radius 3 is 2.89 bits per heavy atom. The summed E-state index contributed by atoms with van der Waals surface area (Å²) in [7, 11) is 0. The molecule has 0 aromatic carbocycles. The van der Waals surface area contributed by atoms with Crippen LogP contribution in [-0.2, 0) is 12.8 Å². The number of thiophene rings is 1. The van der Waals surface area contributed by atoms with E-state index in [0.29, 0.717) is 6.04 Å². The molecule has 102 valence electrons. The number of pyridine rings is 1. The van der Waals surface area contributed by atoms with Crippen LogP contribution in [0.2, 0.25) is 4.34 Å². The Morgan fingerprint density at radius 2 is 2.26 bits per heavy atom. The molecule has 1 atom stereocenters. The maximum absolute atomic E-state index is 5.98. The molecule has 0 aliphatic rings. The smallest absolute Gasteiger partial charge is 0.0931 e. The zero-order chi connectivity index (χ0) is 13.5. The van der Waals surface area contributed by atoms with E-state index < -0.39 is 0 Å². The summed E-state index contributed by atoms with van der Waals surface area (Å²) >= 11 is 7.66. The van der Waals surface area contributed by atoms with Gasteiger partial charge in [-0.25, -0.2) is 0 Å². The quantitative estimate of drug-likeness (QED) is 0.836. The lowest BCUT2D eigenvalue weighted by atomic mass is 10.0. The fourth-order valence-corrected chi connectivity index (χ4v) is 3.32. The third-order valence-electron chi connectivity index (χ3n) is 3.07. The largest absolute Gasteiger partial charge is 0.314 e. The third-order valence-corrected chi connectivity index (χ3v) is 4.33. The van der Waals surface area contributed by atoms with Gasteiger partial charge in [0, 0.05) is 23.3 Å². The molecule has 0 bridgehead atoms. The van der Waals surface area contributed by atoms with Gasteiger partial charge in [0.2, 0.25) is 0 Å². The van der Waals surface area contributed by atoms with Crippen molar-refractivity contribution in [3.8, 4) is 0 Å². The highest BCUT2D eigenvalue weighted by Gasteiger charge is 2.10. The van der Waals surface area contributed by atoms with Crippen molar-refractivity contribution in [1.82, 2.24) is 10.3 Å². The van der Waals surface area contributed by atoms with Gasteiger partial charge in [-0.15, -0.1) is 11.3 Å². The van der Waals surface area contributed by atoms with E-state index in [1.54, 1.807) is 11.3 Å². The first-order valence-electron chi connectivity index (χ1n) is 6.64. The topological polar surface area (TPSA) is 24.9 Å². The van der Waals surface area contributed by atoms with Gasteiger partial charge in [-0.3, -0.25) is 4.98 Å². The SMILES string of the molecule is CCNC(CCc1cccnc1)Cc1ccc(Cl)s1. The summed E-state index contributed by atoms with van der Waals surface area (Å²) in [6.07, 6.45) is 7.00. The minimum atomic E-state index is 0.500. The Bertz CT molecular complexity index is 484. The average Bonchev–Trinajstić information content (AvgIpc) is 2.83. The molecular formula is C15H19ClN2S. The molecule has 2 aromatic heterocycles. The predicted molar refractivity (Wildman–Crippen MR) is 83.1 cm³/mol. The maximum Gasteiger partial charge on any atom is 0.0931 e. The molecule has 2 rings (SSSR count). The molecule has 0 amide bonds. The van der Waals surface area contributed by atoms with E-state index >= 15 is 0 Å². The normalized spacial score (nSPS) is 12.5. The zero-order valence-electron chi connectivity index (χ0n) is 11.1. The minimum absolute atomic E-state index is 0.500. The molecule has 0 fully saturated rings. The Kier molecular flexibility index (Phi) is 5.83. The number of halogens is 1. The lowest BCUT2D eigenvalue weighted by molar-refractivity contribution is 0.493.